The van der Waals surface area contributed by atoms with Crippen LogP contribution >= 0.6 is 12.4 Å². The molecule has 2 N–H and O–H groups in total. The molecular weight excluding hydrogens is 320 g/mol. The van der Waals surface area contributed by atoms with Gasteiger partial charge in [-0.05, 0) is 61.6 Å². The largest absolute Gasteiger partial charge is 0.490 e. The third-order valence-electron chi connectivity index (χ3n) is 4.53. The predicted octanol–water partition coefficient (Wildman–Crippen LogP) is 4.35. The molecule has 3 rings (SSSR count). The standard InChI is InChI=1S/C20H26N2O.ClH/c1-15-6-7-16(2)20(12-15)23-19-8-10-22(11-9-19)14-17-4-3-5-18(21)13-17;/h3-7,12-13,19H,8-11,14,21H2,1-2H3;1H. The van der Waals surface area contributed by atoms with Gasteiger partial charge in [0.1, 0.15) is 11.9 Å². The number of benzene rings is 2. The van der Waals surface area contributed by atoms with E-state index < -0.39 is 0 Å². The molecule has 1 aliphatic rings. The highest BCUT2D eigenvalue weighted by atomic mass is 35.5. The summed E-state index contributed by atoms with van der Waals surface area (Å²) in [5.74, 6) is 1.04. The summed E-state index contributed by atoms with van der Waals surface area (Å²) in [5.41, 5.74) is 10.5. The van der Waals surface area contributed by atoms with Gasteiger partial charge in [0.25, 0.3) is 0 Å². The van der Waals surface area contributed by atoms with Crippen molar-refractivity contribution in [1.82, 2.24) is 4.90 Å². The van der Waals surface area contributed by atoms with Gasteiger partial charge in [0.05, 0.1) is 0 Å². The normalized spacial score (nSPS) is 15.8. The van der Waals surface area contributed by atoms with Crippen LogP contribution in [0, 0.1) is 13.8 Å². The zero-order valence-corrected chi connectivity index (χ0v) is 15.3. The lowest BCUT2D eigenvalue weighted by molar-refractivity contribution is 0.0962. The molecule has 0 atom stereocenters. The average molecular weight is 347 g/mol. The molecule has 0 unspecified atom stereocenters. The monoisotopic (exact) mass is 346 g/mol. The smallest absolute Gasteiger partial charge is 0.122 e. The molecule has 0 radical (unpaired) electrons. The maximum Gasteiger partial charge on any atom is 0.122 e. The molecule has 2 aromatic rings. The van der Waals surface area contributed by atoms with E-state index in [0.717, 1.165) is 43.9 Å². The van der Waals surface area contributed by atoms with Crippen molar-refractivity contribution in [2.45, 2.75) is 39.3 Å². The molecule has 0 saturated carbocycles. The first-order chi connectivity index (χ1) is 11.1. The molecule has 0 amide bonds. The number of ether oxygens (including phenoxy) is 1. The molecule has 1 heterocycles. The minimum atomic E-state index is 0. The van der Waals surface area contributed by atoms with Gasteiger partial charge >= 0.3 is 0 Å². The first-order valence-electron chi connectivity index (χ1n) is 8.41. The van der Waals surface area contributed by atoms with Crippen molar-refractivity contribution in [3.63, 3.8) is 0 Å². The van der Waals surface area contributed by atoms with E-state index >= 15 is 0 Å². The van der Waals surface area contributed by atoms with Gasteiger partial charge in [-0.3, -0.25) is 4.90 Å². The number of nitrogens with zero attached hydrogens (tertiary/aromatic N) is 1. The first kappa shape index (κ1) is 18.6. The number of hydrogen-bond donors (Lipinski definition) is 1. The summed E-state index contributed by atoms with van der Waals surface area (Å²) < 4.78 is 6.24. The van der Waals surface area contributed by atoms with Crippen molar-refractivity contribution < 1.29 is 4.74 Å². The third kappa shape index (κ3) is 4.89. The highest BCUT2D eigenvalue weighted by Gasteiger charge is 2.21. The van der Waals surface area contributed by atoms with Gasteiger partial charge in [0.2, 0.25) is 0 Å². The Labute approximate surface area is 151 Å². The average Bonchev–Trinajstić information content (AvgIpc) is 2.53. The lowest BCUT2D eigenvalue weighted by Crippen LogP contribution is -2.37. The maximum atomic E-state index is 6.24. The Morgan fingerprint density at radius 3 is 2.54 bits per heavy atom. The van der Waals surface area contributed by atoms with Crippen molar-refractivity contribution >= 4 is 18.1 Å². The van der Waals surface area contributed by atoms with Gasteiger partial charge in [0.15, 0.2) is 0 Å². The van der Waals surface area contributed by atoms with Crippen LogP contribution in [0.25, 0.3) is 0 Å². The zero-order valence-electron chi connectivity index (χ0n) is 14.5. The lowest BCUT2D eigenvalue weighted by Gasteiger charge is -2.32. The number of anilines is 1. The lowest BCUT2D eigenvalue weighted by atomic mass is 10.1. The van der Waals surface area contributed by atoms with Gasteiger partial charge in [-0.2, -0.15) is 0 Å². The van der Waals surface area contributed by atoms with Crippen molar-refractivity contribution in [2.24, 2.45) is 0 Å². The van der Waals surface area contributed by atoms with Gasteiger partial charge < -0.3 is 10.5 Å². The molecule has 0 aromatic heterocycles. The minimum absolute atomic E-state index is 0. The van der Waals surface area contributed by atoms with Crippen molar-refractivity contribution in [2.75, 3.05) is 18.8 Å². The molecule has 0 spiro atoms. The molecule has 0 bridgehead atoms. The number of rotatable bonds is 4. The van der Waals surface area contributed by atoms with Crippen LogP contribution < -0.4 is 10.5 Å². The Kier molecular flexibility index (Phi) is 6.52. The molecule has 2 aromatic carbocycles. The number of piperidine rings is 1. The van der Waals surface area contributed by atoms with E-state index in [2.05, 4.69) is 49.1 Å². The number of halogens is 1. The summed E-state index contributed by atoms with van der Waals surface area (Å²) in [6, 6.07) is 14.6. The summed E-state index contributed by atoms with van der Waals surface area (Å²) >= 11 is 0. The Morgan fingerprint density at radius 1 is 1.08 bits per heavy atom. The van der Waals surface area contributed by atoms with Gasteiger partial charge in [-0.25, -0.2) is 0 Å². The fourth-order valence-corrected chi connectivity index (χ4v) is 3.15. The highest BCUT2D eigenvalue weighted by molar-refractivity contribution is 5.85. The number of hydrogen-bond acceptors (Lipinski definition) is 3. The van der Waals surface area contributed by atoms with E-state index in [1.165, 1.54) is 16.7 Å². The summed E-state index contributed by atoms with van der Waals surface area (Å²) in [7, 11) is 0. The summed E-state index contributed by atoms with van der Waals surface area (Å²) in [5, 5.41) is 0. The van der Waals surface area contributed by atoms with E-state index in [0.29, 0.717) is 6.10 Å². The van der Waals surface area contributed by atoms with Crippen LogP contribution in [0.4, 0.5) is 5.69 Å². The third-order valence-corrected chi connectivity index (χ3v) is 4.53. The van der Waals surface area contributed by atoms with Gasteiger partial charge in [0, 0.05) is 25.3 Å². The zero-order chi connectivity index (χ0) is 16.2. The number of aryl methyl sites for hydroxylation is 2. The number of nitrogen functional groups attached to an aromatic ring is 1. The van der Waals surface area contributed by atoms with Gasteiger partial charge in [-0.15, -0.1) is 12.4 Å². The van der Waals surface area contributed by atoms with Crippen LogP contribution in [0.15, 0.2) is 42.5 Å². The fraction of sp³-hybridized carbons (Fsp3) is 0.400. The summed E-state index contributed by atoms with van der Waals surface area (Å²) in [6.07, 6.45) is 2.48. The van der Waals surface area contributed by atoms with Crippen molar-refractivity contribution in [3.8, 4) is 5.75 Å². The van der Waals surface area contributed by atoms with E-state index in [4.69, 9.17) is 10.5 Å². The molecule has 1 fully saturated rings. The molecular formula is C20H27ClN2O. The second-order valence-electron chi connectivity index (χ2n) is 6.61. The van der Waals surface area contributed by atoms with Crippen LogP contribution in [-0.4, -0.2) is 24.1 Å². The van der Waals surface area contributed by atoms with Crippen molar-refractivity contribution in [1.29, 1.82) is 0 Å². The Balaban J connectivity index is 0.00000208. The summed E-state index contributed by atoms with van der Waals surface area (Å²) in [6.45, 7) is 7.35. The van der Waals surface area contributed by atoms with Gasteiger partial charge in [-0.1, -0.05) is 24.3 Å². The SMILES string of the molecule is Cc1ccc(C)c(OC2CCN(Cc3cccc(N)c3)CC2)c1.Cl. The Morgan fingerprint density at radius 2 is 1.83 bits per heavy atom. The number of nitrogens with two attached hydrogens (primary N) is 1. The highest BCUT2D eigenvalue weighted by Crippen LogP contribution is 2.24. The van der Waals surface area contributed by atoms with Crippen LogP contribution in [-0.2, 0) is 6.54 Å². The van der Waals surface area contributed by atoms with E-state index in [-0.39, 0.29) is 12.4 Å². The van der Waals surface area contributed by atoms with Crippen LogP contribution in [0.1, 0.15) is 29.5 Å². The summed E-state index contributed by atoms with van der Waals surface area (Å²) in [4.78, 5) is 2.48. The first-order valence-corrected chi connectivity index (χ1v) is 8.41. The van der Waals surface area contributed by atoms with E-state index in [9.17, 15) is 0 Å². The topological polar surface area (TPSA) is 38.5 Å². The molecule has 24 heavy (non-hydrogen) atoms. The second-order valence-corrected chi connectivity index (χ2v) is 6.61. The quantitative estimate of drug-likeness (QED) is 0.836. The predicted molar refractivity (Wildman–Crippen MR) is 103 cm³/mol. The molecule has 1 aliphatic heterocycles. The molecule has 4 heteroatoms. The number of likely N-dealkylation sites (tertiary alicyclic amines) is 1. The fourth-order valence-electron chi connectivity index (χ4n) is 3.15. The van der Waals surface area contributed by atoms with E-state index in [1.807, 2.05) is 12.1 Å². The van der Waals surface area contributed by atoms with E-state index in [1.54, 1.807) is 0 Å². The van der Waals surface area contributed by atoms with Crippen LogP contribution in [0.3, 0.4) is 0 Å². The van der Waals surface area contributed by atoms with Crippen LogP contribution in [0.5, 0.6) is 5.75 Å². The Hall–Kier alpha value is -1.71. The molecule has 130 valence electrons. The maximum absolute atomic E-state index is 6.24. The molecule has 0 aliphatic carbocycles. The second kappa shape index (κ2) is 8.41. The molecule has 3 nitrogen and oxygen atoms in total. The van der Waals surface area contributed by atoms with Crippen molar-refractivity contribution in [3.05, 3.63) is 59.2 Å². The minimum Gasteiger partial charge on any atom is -0.490 e. The molecule has 1 saturated heterocycles. The van der Waals surface area contributed by atoms with Crippen LogP contribution in [0.2, 0.25) is 0 Å². The Bertz CT molecular complexity index is 666.